The molecule has 1 unspecified atom stereocenters. The number of hydrogen-bond acceptors (Lipinski definition) is 5. The Morgan fingerprint density at radius 1 is 1.61 bits per heavy atom. The van der Waals surface area contributed by atoms with Crippen molar-refractivity contribution in [1.29, 1.82) is 0 Å². The van der Waals surface area contributed by atoms with Gasteiger partial charge in [0.2, 0.25) is 10.0 Å². The zero-order valence-electron chi connectivity index (χ0n) is 10.2. The summed E-state index contributed by atoms with van der Waals surface area (Å²) in [6.07, 6.45) is 0. The first-order valence-electron chi connectivity index (χ1n) is 5.22. The van der Waals surface area contributed by atoms with Crippen molar-refractivity contribution < 1.29 is 17.9 Å². The Kier molecular flexibility index (Phi) is 5.32. The molecule has 0 bridgehead atoms. The first-order valence-corrected chi connectivity index (χ1v) is 8.32. The minimum Gasteiger partial charge on any atom is -0.465 e. The van der Waals surface area contributed by atoms with Crippen LogP contribution in [0.15, 0.2) is 14.7 Å². The van der Waals surface area contributed by atoms with Gasteiger partial charge in [-0.25, -0.2) is 8.42 Å². The van der Waals surface area contributed by atoms with E-state index in [1.807, 2.05) is 0 Å². The molecule has 0 amide bonds. The minimum absolute atomic E-state index is 0.176. The number of esters is 1. The molecule has 8 heteroatoms. The monoisotopic (exact) mass is 355 g/mol. The Bertz CT molecular complexity index is 538. The molecule has 0 fully saturated rings. The topological polar surface area (TPSA) is 72.5 Å². The van der Waals surface area contributed by atoms with Crippen molar-refractivity contribution in [3.05, 3.63) is 14.7 Å². The van der Waals surface area contributed by atoms with Gasteiger partial charge < -0.3 is 4.74 Å². The van der Waals surface area contributed by atoms with Crippen LogP contribution < -0.4 is 4.72 Å². The molecule has 0 aliphatic carbocycles. The molecule has 0 radical (unpaired) electrons. The average molecular weight is 356 g/mol. The molecule has 0 aliphatic rings. The lowest BCUT2D eigenvalue weighted by Gasteiger charge is -2.12. The van der Waals surface area contributed by atoms with Crippen molar-refractivity contribution in [2.24, 2.45) is 0 Å². The van der Waals surface area contributed by atoms with Crippen molar-refractivity contribution in [3.63, 3.8) is 0 Å². The standard InChI is InChI=1S/C10H14BrNO4S2/c1-4-16-10(13)6(2)12-18(14,15)8-5-9(11)17-7(8)3/h5-6,12H,4H2,1-3H3. The summed E-state index contributed by atoms with van der Waals surface area (Å²) >= 11 is 4.55. The summed E-state index contributed by atoms with van der Waals surface area (Å²) in [4.78, 5) is 12.2. The SMILES string of the molecule is CCOC(=O)C(C)NS(=O)(=O)c1cc(Br)sc1C. The summed E-state index contributed by atoms with van der Waals surface area (Å²) in [5.41, 5.74) is 0. The number of halogens is 1. The number of thiophene rings is 1. The molecule has 0 spiro atoms. The molecule has 1 heterocycles. The molecule has 5 nitrogen and oxygen atoms in total. The number of rotatable bonds is 5. The third-order valence-corrected chi connectivity index (χ3v) is 5.45. The van der Waals surface area contributed by atoms with Crippen LogP contribution in [0.4, 0.5) is 0 Å². The van der Waals surface area contributed by atoms with E-state index in [1.165, 1.54) is 24.3 Å². The average Bonchev–Trinajstić information content (AvgIpc) is 2.58. The van der Waals surface area contributed by atoms with E-state index in [4.69, 9.17) is 4.74 Å². The normalized spacial score (nSPS) is 13.3. The number of sulfonamides is 1. The molecule has 1 aromatic heterocycles. The van der Waals surface area contributed by atoms with E-state index in [0.717, 1.165) is 3.79 Å². The number of ether oxygens (including phenoxy) is 1. The van der Waals surface area contributed by atoms with Crippen molar-refractivity contribution in [2.75, 3.05) is 6.61 Å². The van der Waals surface area contributed by atoms with Gasteiger partial charge >= 0.3 is 5.97 Å². The Labute approximate surface area is 119 Å². The zero-order chi connectivity index (χ0) is 13.9. The predicted octanol–water partition coefficient (Wildman–Crippen LogP) is 2.05. The Hall–Kier alpha value is -0.440. The van der Waals surface area contributed by atoms with Gasteiger partial charge in [0.05, 0.1) is 15.3 Å². The molecule has 0 saturated carbocycles. The number of carbonyl (C=O) groups excluding carboxylic acids is 1. The third kappa shape index (κ3) is 3.78. The van der Waals surface area contributed by atoms with E-state index < -0.39 is 22.0 Å². The number of nitrogens with one attached hydrogen (secondary N) is 1. The van der Waals surface area contributed by atoms with Crippen LogP contribution in [0.2, 0.25) is 0 Å². The quantitative estimate of drug-likeness (QED) is 0.820. The predicted molar refractivity (Wildman–Crippen MR) is 73.2 cm³/mol. The summed E-state index contributed by atoms with van der Waals surface area (Å²) in [5.74, 6) is -0.590. The zero-order valence-corrected chi connectivity index (χ0v) is 13.4. The second kappa shape index (κ2) is 6.14. The second-order valence-corrected chi connectivity index (χ2v) is 7.88. The van der Waals surface area contributed by atoms with Gasteiger partial charge in [0.25, 0.3) is 0 Å². The highest BCUT2D eigenvalue weighted by molar-refractivity contribution is 9.11. The highest BCUT2D eigenvalue weighted by atomic mass is 79.9. The van der Waals surface area contributed by atoms with Crippen molar-refractivity contribution >= 4 is 43.3 Å². The fourth-order valence-corrected chi connectivity index (χ4v) is 4.92. The minimum atomic E-state index is -3.70. The van der Waals surface area contributed by atoms with Crippen LogP contribution in [0.3, 0.4) is 0 Å². The van der Waals surface area contributed by atoms with Crippen molar-refractivity contribution in [1.82, 2.24) is 4.72 Å². The van der Waals surface area contributed by atoms with E-state index in [0.29, 0.717) is 4.88 Å². The number of hydrogen-bond donors (Lipinski definition) is 1. The summed E-state index contributed by atoms with van der Waals surface area (Å²) in [6, 6.07) is 0.605. The van der Waals surface area contributed by atoms with Gasteiger partial charge in [0, 0.05) is 4.88 Å². The van der Waals surface area contributed by atoms with E-state index >= 15 is 0 Å². The second-order valence-electron chi connectivity index (χ2n) is 3.57. The molecule has 1 rings (SSSR count). The molecule has 1 aromatic rings. The van der Waals surface area contributed by atoms with Gasteiger partial charge in [-0.2, -0.15) is 4.72 Å². The van der Waals surface area contributed by atoms with Crippen LogP contribution >= 0.6 is 27.3 Å². The molecule has 18 heavy (non-hydrogen) atoms. The van der Waals surface area contributed by atoms with Gasteiger partial charge in [-0.15, -0.1) is 11.3 Å². The highest BCUT2D eigenvalue weighted by Gasteiger charge is 2.25. The summed E-state index contributed by atoms with van der Waals surface area (Å²) in [6.45, 7) is 5.04. The lowest BCUT2D eigenvalue weighted by atomic mass is 10.4. The van der Waals surface area contributed by atoms with Gasteiger partial charge in [-0.3, -0.25) is 4.79 Å². The van der Waals surface area contributed by atoms with Crippen molar-refractivity contribution in [3.8, 4) is 0 Å². The number of carbonyl (C=O) groups is 1. The van der Waals surface area contributed by atoms with Gasteiger partial charge in [0.1, 0.15) is 6.04 Å². The smallest absolute Gasteiger partial charge is 0.323 e. The maximum atomic E-state index is 12.1. The van der Waals surface area contributed by atoms with E-state index in [-0.39, 0.29) is 11.5 Å². The Morgan fingerprint density at radius 2 is 2.22 bits per heavy atom. The van der Waals surface area contributed by atoms with Crippen LogP contribution in [-0.4, -0.2) is 27.0 Å². The van der Waals surface area contributed by atoms with Gasteiger partial charge in [0.15, 0.2) is 0 Å². The first-order chi connectivity index (χ1) is 8.27. The first kappa shape index (κ1) is 15.6. The lowest BCUT2D eigenvalue weighted by Crippen LogP contribution is -2.39. The number of aryl methyl sites for hydroxylation is 1. The molecule has 102 valence electrons. The molecular weight excluding hydrogens is 342 g/mol. The van der Waals surface area contributed by atoms with Crippen LogP contribution in [0.1, 0.15) is 18.7 Å². The van der Waals surface area contributed by atoms with Crippen LogP contribution in [0.5, 0.6) is 0 Å². The maximum absolute atomic E-state index is 12.1. The molecule has 0 aromatic carbocycles. The molecule has 1 atom stereocenters. The van der Waals surface area contributed by atoms with E-state index in [1.54, 1.807) is 13.8 Å². The van der Waals surface area contributed by atoms with Crippen LogP contribution in [0.25, 0.3) is 0 Å². The van der Waals surface area contributed by atoms with Crippen molar-refractivity contribution in [2.45, 2.75) is 31.7 Å². The van der Waals surface area contributed by atoms with E-state index in [2.05, 4.69) is 20.7 Å². The largest absolute Gasteiger partial charge is 0.465 e. The van der Waals surface area contributed by atoms with Crippen LogP contribution in [0, 0.1) is 6.92 Å². The highest BCUT2D eigenvalue weighted by Crippen LogP contribution is 2.29. The maximum Gasteiger partial charge on any atom is 0.323 e. The lowest BCUT2D eigenvalue weighted by molar-refractivity contribution is -0.144. The molecule has 1 N–H and O–H groups in total. The molecule has 0 aliphatic heterocycles. The molecular formula is C10H14BrNO4S2. The Morgan fingerprint density at radius 3 is 2.67 bits per heavy atom. The van der Waals surface area contributed by atoms with E-state index in [9.17, 15) is 13.2 Å². The summed E-state index contributed by atoms with van der Waals surface area (Å²) in [5, 5.41) is 0. The third-order valence-electron chi connectivity index (χ3n) is 2.10. The fraction of sp³-hybridized carbons (Fsp3) is 0.500. The van der Waals surface area contributed by atoms with Gasteiger partial charge in [-0.1, -0.05) is 0 Å². The molecule has 0 saturated heterocycles. The fourth-order valence-electron chi connectivity index (χ4n) is 1.31. The van der Waals surface area contributed by atoms with Gasteiger partial charge in [-0.05, 0) is 42.8 Å². The van der Waals surface area contributed by atoms with Crippen LogP contribution in [-0.2, 0) is 19.6 Å². The summed E-state index contributed by atoms with van der Waals surface area (Å²) in [7, 11) is -3.70. The summed E-state index contributed by atoms with van der Waals surface area (Å²) < 4.78 is 31.9. The Balaban J connectivity index is 2.89.